The molecule has 0 spiro atoms. The van der Waals surface area contributed by atoms with Crippen LogP contribution in [0.5, 0.6) is 0 Å². The summed E-state index contributed by atoms with van der Waals surface area (Å²) in [6.45, 7) is 0.631. The number of rotatable bonds is 4. The van der Waals surface area contributed by atoms with Crippen LogP contribution >= 0.6 is 0 Å². The number of carbonyl (C=O) groups excluding carboxylic acids is 2. The van der Waals surface area contributed by atoms with Gasteiger partial charge in [0, 0.05) is 13.0 Å². The molecule has 0 aromatic carbocycles. The number of primary amides is 1. The molecule has 6 nitrogen and oxygen atoms in total. The van der Waals surface area contributed by atoms with Crippen molar-refractivity contribution in [3.8, 4) is 6.07 Å². The predicted octanol–water partition coefficient (Wildman–Crippen LogP) is -1.05. The van der Waals surface area contributed by atoms with E-state index in [0.717, 1.165) is 6.42 Å². The van der Waals surface area contributed by atoms with Crippen molar-refractivity contribution in [3.63, 3.8) is 0 Å². The second-order valence-electron chi connectivity index (χ2n) is 4.84. The molecule has 4 N–H and O–H groups in total. The molecule has 2 fully saturated rings. The highest BCUT2D eigenvalue weighted by Gasteiger charge is 2.54. The van der Waals surface area contributed by atoms with Crippen molar-refractivity contribution >= 4 is 11.8 Å². The zero-order valence-corrected chi connectivity index (χ0v) is 9.50. The highest BCUT2D eigenvalue weighted by Crippen LogP contribution is 2.49. The van der Waals surface area contributed by atoms with E-state index < -0.39 is 11.9 Å². The third-order valence-corrected chi connectivity index (χ3v) is 3.58. The monoisotopic (exact) mass is 236 g/mol. The van der Waals surface area contributed by atoms with Gasteiger partial charge in [0.25, 0.3) is 0 Å². The number of hydrogen-bond donors (Lipinski definition) is 2. The summed E-state index contributed by atoms with van der Waals surface area (Å²) in [7, 11) is 0. The molecule has 0 radical (unpaired) electrons. The van der Waals surface area contributed by atoms with Crippen LogP contribution in [-0.4, -0.2) is 35.3 Å². The van der Waals surface area contributed by atoms with Crippen molar-refractivity contribution in [1.29, 1.82) is 5.26 Å². The van der Waals surface area contributed by atoms with E-state index in [0.29, 0.717) is 18.4 Å². The normalized spacial score (nSPS) is 31.5. The Morgan fingerprint density at radius 3 is 2.82 bits per heavy atom. The average Bonchev–Trinajstić information content (AvgIpc) is 2.97. The molecule has 4 atom stereocenters. The Bertz CT molecular complexity index is 389. The van der Waals surface area contributed by atoms with E-state index in [-0.39, 0.29) is 24.8 Å². The van der Waals surface area contributed by atoms with Crippen LogP contribution in [0.25, 0.3) is 0 Å². The summed E-state index contributed by atoms with van der Waals surface area (Å²) < 4.78 is 0. The Hall–Kier alpha value is -1.61. The first-order chi connectivity index (χ1) is 8.04. The van der Waals surface area contributed by atoms with Gasteiger partial charge in [-0.3, -0.25) is 9.59 Å². The summed E-state index contributed by atoms with van der Waals surface area (Å²) in [4.78, 5) is 24.2. The van der Waals surface area contributed by atoms with Gasteiger partial charge in [0.1, 0.15) is 6.04 Å². The second kappa shape index (κ2) is 4.34. The van der Waals surface area contributed by atoms with Gasteiger partial charge in [-0.05, 0) is 24.7 Å². The predicted molar refractivity (Wildman–Crippen MR) is 59.1 cm³/mol. The summed E-state index contributed by atoms with van der Waals surface area (Å²) in [5.74, 6) is 0.124. The first kappa shape index (κ1) is 11.9. The minimum Gasteiger partial charge on any atom is -0.370 e. The fourth-order valence-corrected chi connectivity index (χ4v) is 2.49. The van der Waals surface area contributed by atoms with E-state index in [1.54, 1.807) is 4.90 Å². The number of nitriles is 1. The Balaban J connectivity index is 1.91. The van der Waals surface area contributed by atoms with Gasteiger partial charge in [-0.25, -0.2) is 0 Å². The van der Waals surface area contributed by atoms with Crippen LogP contribution in [0, 0.1) is 23.2 Å². The largest absolute Gasteiger partial charge is 0.370 e. The first-order valence-electron chi connectivity index (χ1n) is 5.78. The zero-order chi connectivity index (χ0) is 12.6. The number of likely N-dealkylation sites (tertiary alicyclic amines) is 1. The lowest BCUT2D eigenvalue weighted by Crippen LogP contribution is -2.47. The zero-order valence-electron chi connectivity index (χ0n) is 9.50. The van der Waals surface area contributed by atoms with Gasteiger partial charge in [0.2, 0.25) is 11.8 Å². The number of nitrogens with two attached hydrogens (primary N) is 2. The lowest BCUT2D eigenvalue weighted by Gasteiger charge is -2.25. The highest BCUT2D eigenvalue weighted by atomic mass is 16.2. The quantitative estimate of drug-likeness (QED) is 0.648. The van der Waals surface area contributed by atoms with Gasteiger partial charge in [-0.1, -0.05) is 0 Å². The molecule has 3 unspecified atom stereocenters. The summed E-state index contributed by atoms with van der Waals surface area (Å²) >= 11 is 0. The van der Waals surface area contributed by atoms with E-state index in [1.807, 2.05) is 0 Å². The Morgan fingerprint density at radius 1 is 1.53 bits per heavy atom. The van der Waals surface area contributed by atoms with Crippen LogP contribution in [0.3, 0.4) is 0 Å². The molecular weight excluding hydrogens is 220 g/mol. The maximum atomic E-state index is 12.0. The topological polar surface area (TPSA) is 113 Å². The maximum absolute atomic E-state index is 12.0. The molecule has 2 rings (SSSR count). The van der Waals surface area contributed by atoms with Crippen molar-refractivity contribution in [2.45, 2.75) is 31.3 Å². The van der Waals surface area contributed by atoms with Crippen molar-refractivity contribution in [3.05, 3.63) is 0 Å². The lowest BCUT2D eigenvalue weighted by atomic mass is 10.1. The maximum Gasteiger partial charge on any atom is 0.240 e. The molecule has 0 aromatic rings. The highest BCUT2D eigenvalue weighted by molar-refractivity contribution is 5.84. The molecule has 2 amide bonds. The second-order valence-corrected chi connectivity index (χ2v) is 4.84. The molecular formula is C11H16N4O2. The molecule has 6 heteroatoms. The number of hydrogen-bond acceptors (Lipinski definition) is 4. The third kappa shape index (κ3) is 2.24. The molecule has 0 aromatic heterocycles. The molecule has 1 heterocycles. The van der Waals surface area contributed by atoms with E-state index in [4.69, 9.17) is 16.7 Å². The average molecular weight is 236 g/mol. The summed E-state index contributed by atoms with van der Waals surface area (Å²) in [5, 5.41) is 9.02. The molecule has 1 saturated heterocycles. The van der Waals surface area contributed by atoms with E-state index >= 15 is 0 Å². The summed E-state index contributed by atoms with van der Waals surface area (Å²) in [5.41, 5.74) is 10.7. The first-order valence-corrected chi connectivity index (χ1v) is 5.78. The van der Waals surface area contributed by atoms with Crippen molar-refractivity contribution in [1.82, 2.24) is 4.90 Å². The minimum atomic E-state index is -0.726. The molecule has 1 aliphatic heterocycles. The summed E-state index contributed by atoms with van der Waals surface area (Å²) in [6, 6.07) is 1.11. The van der Waals surface area contributed by atoms with Crippen LogP contribution in [0.1, 0.15) is 19.3 Å². The lowest BCUT2D eigenvalue weighted by molar-refractivity contribution is -0.133. The van der Waals surface area contributed by atoms with E-state index in [2.05, 4.69) is 6.07 Å². The van der Waals surface area contributed by atoms with Gasteiger partial charge in [-0.15, -0.1) is 0 Å². The Morgan fingerprint density at radius 2 is 2.24 bits per heavy atom. The van der Waals surface area contributed by atoms with Crippen LogP contribution in [0.2, 0.25) is 0 Å². The Labute approximate surface area is 99.5 Å². The number of fused-ring (bicyclic) bond motifs is 1. The van der Waals surface area contributed by atoms with Crippen LogP contribution in [0.4, 0.5) is 0 Å². The smallest absolute Gasteiger partial charge is 0.240 e. The summed E-state index contributed by atoms with van der Waals surface area (Å²) in [6.07, 6.45) is 1.39. The van der Waals surface area contributed by atoms with Crippen molar-refractivity contribution in [2.75, 3.05) is 6.54 Å². The fraction of sp³-hybridized carbons (Fsp3) is 0.727. The van der Waals surface area contributed by atoms with Crippen LogP contribution < -0.4 is 11.5 Å². The van der Waals surface area contributed by atoms with E-state index in [1.165, 1.54) is 0 Å². The molecule has 2 aliphatic rings. The van der Waals surface area contributed by atoms with Gasteiger partial charge in [0.15, 0.2) is 0 Å². The molecule has 1 saturated carbocycles. The van der Waals surface area contributed by atoms with Gasteiger partial charge < -0.3 is 16.4 Å². The van der Waals surface area contributed by atoms with Crippen LogP contribution in [-0.2, 0) is 9.59 Å². The minimum absolute atomic E-state index is 0.102. The van der Waals surface area contributed by atoms with Crippen molar-refractivity contribution < 1.29 is 9.59 Å². The third-order valence-electron chi connectivity index (χ3n) is 3.58. The Kier molecular flexibility index (Phi) is 3.03. The van der Waals surface area contributed by atoms with Gasteiger partial charge in [-0.2, -0.15) is 5.26 Å². The van der Waals surface area contributed by atoms with Gasteiger partial charge in [0.05, 0.1) is 12.1 Å². The standard InChI is InChI=1S/C11H16N4O2/c12-4-9-7-3-6(7)5-15(9)11(17)8(13)1-2-10(14)16/h6-9H,1-3,5,13H2,(H2,14,16)/t6?,7?,8-,9?/m0/s1. The number of piperidine rings is 1. The molecule has 0 bridgehead atoms. The molecule has 92 valence electrons. The number of amides is 2. The number of carbonyl (C=O) groups is 2. The van der Waals surface area contributed by atoms with E-state index in [9.17, 15) is 9.59 Å². The van der Waals surface area contributed by atoms with Gasteiger partial charge >= 0.3 is 0 Å². The molecule has 17 heavy (non-hydrogen) atoms. The molecule has 1 aliphatic carbocycles. The SMILES string of the molecule is N#CC1C2CC2CN1C(=O)[C@@H](N)CCC(N)=O. The fourth-order valence-electron chi connectivity index (χ4n) is 2.49. The van der Waals surface area contributed by atoms with Crippen molar-refractivity contribution in [2.24, 2.45) is 23.3 Å². The van der Waals surface area contributed by atoms with Crippen LogP contribution in [0.15, 0.2) is 0 Å². The number of nitrogens with zero attached hydrogens (tertiary/aromatic N) is 2.